The van der Waals surface area contributed by atoms with Crippen LogP contribution in [0.15, 0.2) is 0 Å². The largest absolute Gasteiger partial charge is 0.330 e. The molecule has 0 radical (unpaired) electrons. The SMILES string of the molecule is CC1(C)CCCCC1.NS(=O)(=O)O. The van der Waals surface area contributed by atoms with Gasteiger partial charge in [0, 0.05) is 0 Å². The summed E-state index contributed by atoms with van der Waals surface area (Å²) < 4.78 is 25.2. The van der Waals surface area contributed by atoms with Gasteiger partial charge in [-0.1, -0.05) is 33.1 Å². The molecule has 0 heterocycles. The van der Waals surface area contributed by atoms with E-state index in [1.54, 1.807) is 0 Å². The van der Waals surface area contributed by atoms with Crippen molar-refractivity contribution < 1.29 is 13.0 Å². The van der Waals surface area contributed by atoms with Crippen LogP contribution in [0, 0.1) is 5.41 Å². The molecule has 4 nitrogen and oxygen atoms in total. The molecule has 1 saturated carbocycles. The molecule has 1 fully saturated rings. The molecule has 0 aromatic carbocycles. The van der Waals surface area contributed by atoms with Crippen LogP contribution in [-0.4, -0.2) is 13.0 Å². The second-order valence-corrected chi connectivity index (χ2v) is 5.27. The Hall–Kier alpha value is -0.130. The van der Waals surface area contributed by atoms with E-state index in [1.807, 2.05) is 0 Å². The molecule has 0 atom stereocenters. The molecule has 0 aromatic heterocycles. The van der Waals surface area contributed by atoms with E-state index in [0.29, 0.717) is 5.41 Å². The van der Waals surface area contributed by atoms with E-state index in [1.165, 1.54) is 32.1 Å². The van der Waals surface area contributed by atoms with Crippen molar-refractivity contribution in [2.45, 2.75) is 46.0 Å². The van der Waals surface area contributed by atoms with Gasteiger partial charge in [0.1, 0.15) is 0 Å². The van der Waals surface area contributed by atoms with Crippen LogP contribution in [-0.2, 0) is 10.3 Å². The van der Waals surface area contributed by atoms with Gasteiger partial charge in [-0.2, -0.15) is 8.42 Å². The first-order chi connectivity index (χ1) is 5.71. The van der Waals surface area contributed by atoms with Crippen molar-refractivity contribution in [3.63, 3.8) is 0 Å². The van der Waals surface area contributed by atoms with Gasteiger partial charge in [-0.25, -0.2) is 5.14 Å². The Kier molecular flexibility index (Phi) is 4.88. The minimum Gasteiger partial charge on any atom is -0.274 e. The number of hydrogen-bond donors (Lipinski definition) is 2. The third-order valence-electron chi connectivity index (χ3n) is 2.21. The molecule has 0 saturated heterocycles. The highest BCUT2D eigenvalue weighted by Gasteiger charge is 2.19. The fourth-order valence-electron chi connectivity index (χ4n) is 1.51. The Balaban J connectivity index is 0.000000252. The summed E-state index contributed by atoms with van der Waals surface area (Å²) in [6.07, 6.45) is 7.31. The molecule has 0 bridgehead atoms. The third-order valence-corrected chi connectivity index (χ3v) is 2.21. The lowest BCUT2D eigenvalue weighted by Gasteiger charge is -2.28. The van der Waals surface area contributed by atoms with Gasteiger partial charge in [-0.05, 0) is 18.3 Å². The fourth-order valence-corrected chi connectivity index (χ4v) is 1.51. The van der Waals surface area contributed by atoms with Crippen molar-refractivity contribution in [2.24, 2.45) is 10.6 Å². The average Bonchev–Trinajstić information content (AvgIpc) is 1.82. The molecular weight excluding hydrogens is 190 g/mol. The highest BCUT2D eigenvalue weighted by molar-refractivity contribution is 7.83. The van der Waals surface area contributed by atoms with Crippen molar-refractivity contribution in [2.75, 3.05) is 0 Å². The second-order valence-electron chi connectivity index (χ2n) is 4.24. The van der Waals surface area contributed by atoms with Gasteiger partial charge >= 0.3 is 10.3 Å². The zero-order valence-corrected chi connectivity index (χ0v) is 9.10. The molecule has 1 aliphatic rings. The van der Waals surface area contributed by atoms with Crippen LogP contribution >= 0.6 is 0 Å². The molecule has 1 rings (SSSR count). The van der Waals surface area contributed by atoms with E-state index in [0.717, 1.165) is 0 Å². The van der Waals surface area contributed by atoms with Gasteiger partial charge in [0.05, 0.1) is 0 Å². The van der Waals surface area contributed by atoms with E-state index in [4.69, 9.17) is 13.0 Å². The Morgan fingerprint density at radius 2 is 1.46 bits per heavy atom. The van der Waals surface area contributed by atoms with Crippen molar-refractivity contribution in [3.8, 4) is 0 Å². The lowest BCUT2D eigenvalue weighted by atomic mass is 9.78. The second kappa shape index (κ2) is 4.93. The van der Waals surface area contributed by atoms with E-state index >= 15 is 0 Å². The van der Waals surface area contributed by atoms with E-state index in [2.05, 4.69) is 19.0 Å². The van der Waals surface area contributed by atoms with Crippen LogP contribution in [0.2, 0.25) is 0 Å². The normalized spacial score (nSPS) is 21.5. The maximum absolute atomic E-state index is 8.97. The van der Waals surface area contributed by atoms with Crippen LogP contribution in [0.25, 0.3) is 0 Å². The predicted octanol–water partition coefficient (Wildman–Crippen LogP) is 1.72. The summed E-state index contributed by atoms with van der Waals surface area (Å²) >= 11 is 0. The first-order valence-corrected chi connectivity index (χ1v) is 5.96. The van der Waals surface area contributed by atoms with Gasteiger partial charge < -0.3 is 0 Å². The lowest BCUT2D eigenvalue weighted by Crippen LogP contribution is -2.14. The minimum absolute atomic E-state index is 0.679. The Morgan fingerprint density at radius 1 is 1.15 bits per heavy atom. The van der Waals surface area contributed by atoms with Gasteiger partial charge in [-0.15, -0.1) is 0 Å². The van der Waals surface area contributed by atoms with Crippen molar-refractivity contribution in [3.05, 3.63) is 0 Å². The van der Waals surface area contributed by atoms with Crippen LogP contribution in [0.5, 0.6) is 0 Å². The van der Waals surface area contributed by atoms with Crippen LogP contribution in [0.3, 0.4) is 0 Å². The smallest absolute Gasteiger partial charge is 0.274 e. The molecule has 0 unspecified atom stereocenters. The molecule has 0 spiro atoms. The molecule has 0 aliphatic heterocycles. The van der Waals surface area contributed by atoms with Crippen LogP contribution in [0.4, 0.5) is 0 Å². The first-order valence-electron chi connectivity index (χ1n) is 4.46. The van der Waals surface area contributed by atoms with Crippen molar-refractivity contribution >= 4 is 10.3 Å². The summed E-state index contributed by atoms with van der Waals surface area (Å²) in [6.45, 7) is 4.76. The monoisotopic (exact) mass is 209 g/mol. The molecule has 13 heavy (non-hydrogen) atoms. The highest BCUT2D eigenvalue weighted by atomic mass is 32.2. The number of rotatable bonds is 0. The number of hydrogen-bond acceptors (Lipinski definition) is 2. The Morgan fingerprint density at radius 3 is 1.62 bits per heavy atom. The zero-order chi connectivity index (χ0) is 10.5. The first kappa shape index (κ1) is 12.9. The summed E-state index contributed by atoms with van der Waals surface area (Å²) in [7, 11) is -4.17. The van der Waals surface area contributed by atoms with E-state index in [9.17, 15) is 0 Å². The van der Waals surface area contributed by atoms with Crippen molar-refractivity contribution in [1.29, 1.82) is 0 Å². The van der Waals surface area contributed by atoms with Crippen molar-refractivity contribution in [1.82, 2.24) is 0 Å². The van der Waals surface area contributed by atoms with Gasteiger partial charge in [-0.3, -0.25) is 4.55 Å². The van der Waals surface area contributed by atoms with Crippen LogP contribution < -0.4 is 5.14 Å². The molecule has 0 amide bonds. The molecular formula is C8H19NO3S. The van der Waals surface area contributed by atoms with Gasteiger partial charge in [0.15, 0.2) is 0 Å². The maximum Gasteiger partial charge on any atom is 0.330 e. The molecule has 5 heteroatoms. The molecule has 80 valence electrons. The van der Waals surface area contributed by atoms with Gasteiger partial charge in [0.25, 0.3) is 0 Å². The Labute approximate surface area is 80.4 Å². The summed E-state index contributed by atoms with van der Waals surface area (Å²) in [5, 5.41) is 3.88. The fraction of sp³-hybridized carbons (Fsp3) is 1.00. The molecule has 3 N–H and O–H groups in total. The summed E-state index contributed by atoms with van der Waals surface area (Å²) in [4.78, 5) is 0. The maximum atomic E-state index is 8.97. The Bertz CT molecular complexity index is 218. The zero-order valence-electron chi connectivity index (χ0n) is 8.28. The standard InChI is InChI=1S/C8H16.H3NO3S/c1-8(2)6-4-3-5-7-8;1-5(2,3)4/h3-7H2,1-2H3;(H3,1,2,3,4). The van der Waals surface area contributed by atoms with Crippen LogP contribution in [0.1, 0.15) is 46.0 Å². The van der Waals surface area contributed by atoms with E-state index < -0.39 is 10.3 Å². The summed E-state index contributed by atoms with van der Waals surface area (Å²) in [5.74, 6) is 0. The third kappa shape index (κ3) is 11.9. The lowest BCUT2D eigenvalue weighted by molar-refractivity contribution is 0.244. The molecule has 0 aromatic rings. The quantitative estimate of drug-likeness (QED) is 0.596. The highest BCUT2D eigenvalue weighted by Crippen LogP contribution is 2.34. The van der Waals surface area contributed by atoms with Gasteiger partial charge in [0.2, 0.25) is 0 Å². The number of nitrogens with two attached hydrogens (primary N) is 1. The summed E-state index contributed by atoms with van der Waals surface area (Å²) in [5.41, 5.74) is 0.679. The average molecular weight is 209 g/mol. The molecule has 1 aliphatic carbocycles. The van der Waals surface area contributed by atoms with E-state index in [-0.39, 0.29) is 0 Å². The minimum atomic E-state index is -4.17. The summed E-state index contributed by atoms with van der Waals surface area (Å²) in [6, 6.07) is 0. The predicted molar refractivity (Wildman–Crippen MR) is 52.6 cm³/mol. The topological polar surface area (TPSA) is 80.4 Å².